The normalized spacial score (nSPS) is 9.60. The van der Waals surface area contributed by atoms with E-state index in [2.05, 4.69) is 5.10 Å². The quantitative estimate of drug-likeness (QED) is 0.755. The summed E-state index contributed by atoms with van der Waals surface area (Å²) in [5.41, 5.74) is 0.937. The molecule has 1 aromatic heterocycles. The average molecular weight is 206 g/mol. The lowest BCUT2D eigenvalue weighted by atomic mass is 10.2. The second-order valence-electron chi connectivity index (χ2n) is 2.93. The maximum atomic E-state index is 5.46. The summed E-state index contributed by atoms with van der Waals surface area (Å²) in [5, 5.41) is 5.44. The molecule has 15 heavy (non-hydrogen) atoms. The number of rotatable bonds is 2. The molecule has 0 aliphatic rings. The van der Waals surface area contributed by atoms with Gasteiger partial charge in [-0.15, -0.1) is 0 Å². The molecule has 3 heteroatoms. The summed E-state index contributed by atoms with van der Waals surface area (Å²) < 4.78 is 7.26. The zero-order valence-electron chi connectivity index (χ0n) is 9.82. The zero-order valence-corrected chi connectivity index (χ0v) is 9.82. The summed E-state index contributed by atoms with van der Waals surface area (Å²) in [5.74, 6) is 0.862. The molecule has 0 unspecified atom stereocenters. The van der Waals surface area contributed by atoms with Gasteiger partial charge in [-0.2, -0.15) is 5.10 Å². The molecule has 0 spiro atoms. The molecular formula is C12H18N2O. The van der Waals surface area contributed by atoms with E-state index in [4.69, 9.17) is 4.74 Å². The Kier molecular flexibility index (Phi) is 4.16. The zero-order chi connectivity index (χ0) is 11.3. The standard InChI is InChI=1S/C10H12N2O.C2H6/c1-3-13-9-6-4-5-8-7-12(2)11-10(8)9;1-2/h4-7H,3H2,1-2H3;1-2H3. The van der Waals surface area contributed by atoms with Crippen LogP contribution >= 0.6 is 0 Å². The molecule has 82 valence electrons. The third kappa shape index (κ3) is 2.49. The molecule has 0 amide bonds. The van der Waals surface area contributed by atoms with Crippen molar-refractivity contribution in [3.8, 4) is 5.75 Å². The summed E-state index contributed by atoms with van der Waals surface area (Å²) in [6.45, 7) is 6.65. The van der Waals surface area contributed by atoms with Gasteiger partial charge in [-0.1, -0.05) is 26.0 Å². The Hall–Kier alpha value is -1.51. The fourth-order valence-electron chi connectivity index (χ4n) is 1.41. The van der Waals surface area contributed by atoms with E-state index in [1.807, 2.05) is 52.2 Å². The van der Waals surface area contributed by atoms with Crippen LogP contribution in [0, 0.1) is 0 Å². The van der Waals surface area contributed by atoms with Crippen LogP contribution in [0.4, 0.5) is 0 Å². The van der Waals surface area contributed by atoms with Gasteiger partial charge in [0.05, 0.1) is 6.61 Å². The van der Waals surface area contributed by atoms with Crippen LogP contribution in [0.25, 0.3) is 10.9 Å². The summed E-state index contributed by atoms with van der Waals surface area (Å²) in [6.07, 6.45) is 1.98. The number of benzene rings is 1. The summed E-state index contributed by atoms with van der Waals surface area (Å²) in [4.78, 5) is 0. The molecule has 3 nitrogen and oxygen atoms in total. The number of hydrogen-bond acceptors (Lipinski definition) is 2. The molecule has 0 aliphatic carbocycles. The number of ether oxygens (including phenoxy) is 1. The number of nitrogens with zero attached hydrogens (tertiary/aromatic N) is 2. The fourth-order valence-corrected chi connectivity index (χ4v) is 1.41. The van der Waals surface area contributed by atoms with Crippen molar-refractivity contribution in [3.05, 3.63) is 24.4 Å². The number of hydrogen-bond donors (Lipinski definition) is 0. The van der Waals surface area contributed by atoms with E-state index in [0.717, 1.165) is 16.7 Å². The minimum atomic E-state index is 0.676. The van der Waals surface area contributed by atoms with Crippen LogP contribution in [0.2, 0.25) is 0 Å². The van der Waals surface area contributed by atoms with Gasteiger partial charge >= 0.3 is 0 Å². The Labute approximate surface area is 90.7 Å². The van der Waals surface area contributed by atoms with Gasteiger partial charge in [-0.25, -0.2) is 0 Å². The maximum Gasteiger partial charge on any atom is 0.147 e. The smallest absolute Gasteiger partial charge is 0.147 e. The molecule has 0 aliphatic heterocycles. The second-order valence-corrected chi connectivity index (χ2v) is 2.93. The SMILES string of the molecule is CC.CCOc1cccc2cn(C)nc12. The molecule has 0 atom stereocenters. The van der Waals surface area contributed by atoms with E-state index in [1.165, 1.54) is 0 Å². The topological polar surface area (TPSA) is 27.1 Å². The molecule has 0 saturated carbocycles. The van der Waals surface area contributed by atoms with Crippen molar-refractivity contribution in [2.24, 2.45) is 7.05 Å². The van der Waals surface area contributed by atoms with E-state index in [-0.39, 0.29) is 0 Å². The van der Waals surface area contributed by atoms with Crippen LogP contribution in [0.3, 0.4) is 0 Å². The predicted octanol–water partition coefficient (Wildman–Crippen LogP) is 3.00. The van der Waals surface area contributed by atoms with Crippen molar-refractivity contribution in [1.82, 2.24) is 9.78 Å². The first-order valence-corrected chi connectivity index (χ1v) is 5.36. The van der Waals surface area contributed by atoms with E-state index in [0.29, 0.717) is 6.61 Å². The Morgan fingerprint density at radius 3 is 2.73 bits per heavy atom. The van der Waals surface area contributed by atoms with Gasteiger partial charge in [0, 0.05) is 18.6 Å². The van der Waals surface area contributed by atoms with Gasteiger partial charge in [-0.05, 0) is 13.0 Å². The largest absolute Gasteiger partial charge is 0.492 e. The first kappa shape index (κ1) is 11.6. The molecule has 1 heterocycles. The van der Waals surface area contributed by atoms with Crippen LogP contribution in [-0.4, -0.2) is 16.4 Å². The Morgan fingerprint density at radius 1 is 1.33 bits per heavy atom. The Morgan fingerprint density at radius 2 is 2.07 bits per heavy atom. The highest BCUT2D eigenvalue weighted by Gasteiger charge is 2.03. The predicted molar refractivity (Wildman–Crippen MR) is 63.2 cm³/mol. The van der Waals surface area contributed by atoms with Crippen LogP contribution in [0.1, 0.15) is 20.8 Å². The lowest BCUT2D eigenvalue weighted by molar-refractivity contribution is 0.343. The van der Waals surface area contributed by atoms with Crippen molar-refractivity contribution < 1.29 is 4.74 Å². The van der Waals surface area contributed by atoms with Gasteiger partial charge in [0.15, 0.2) is 0 Å². The Bertz CT molecular complexity index is 420. The van der Waals surface area contributed by atoms with E-state index >= 15 is 0 Å². The molecule has 0 bridgehead atoms. The fraction of sp³-hybridized carbons (Fsp3) is 0.417. The van der Waals surface area contributed by atoms with Gasteiger partial charge in [0.1, 0.15) is 11.3 Å². The highest BCUT2D eigenvalue weighted by molar-refractivity contribution is 5.83. The first-order valence-electron chi connectivity index (χ1n) is 5.36. The van der Waals surface area contributed by atoms with Crippen molar-refractivity contribution in [2.75, 3.05) is 6.61 Å². The van der Waals surface area contributed by atoms with Crippen molar-refractivity contribution in [2.45, 2.75) is 20.8 Å². The van der Waals surface area contributed by atoms with Crippen molar-refractivity contribution in [3.63, 3.8) is 0 Å². The Balaban J connectivity index is 0.000000531. The molecule has 0 saturated heterocycles. The number of aryl methyl sites for hydroxylation is 1. The van der Waals surface area contributed by atoms with Crippen molar-refractivity contribution >= 4 is 10.9 Å². The van der Waals surface area contributed by atoms with Gasteiger partial charge in [0.2, 0.25) is 0 Å². The molecule has 1 aromatic carbocycles. The third-order valence-corrected chi connectivity index (χ3v) is 1.91. The molecule has 2 aromatic rings. The van der Waals surface area contributed by atoms with E-state index in [1.54, 1.807) is 4.68 Å². The number of aromatic nitrogens is 2. The van der Waals surface area contributed by atoms with Gasteiger partial charge < -0.3 is 4.74 Å². The summed E-state index contributed by atoms with van der Waals surface area (Å²) in [7, 11) is 1.91. The molecule has 0 radical (unpaired) electrons. The average Bonchev–Trinajstić information content (AvgIpc) is 2.63. The lowest BCUT2D eigenvalue weighted by Crippen LogP contribution is -1.92. The number of fused-ring (bicyclic) bond motifs is 1. The van der Waals surface area contributed by atoms with E-state index in [9.17, 15) is 0 Å². The monoisotopic (exact) mass is 206 g/mol. The van der Waals surface area contributed by atoms with Crippen LogP contribution < -0.4 is 4.74 Å². The highest BCUT2D eigenvalue weighted by atomic mass is 16.5. The molecular weight excluding hydrogens is 188 g/mol. The summed E-state index contributed by atoms with van der Waals surface area (Å²) in [6, 6.07) is 5.96. The molecule has 0 N–H and O–H groups in total. The lowest BCUT2D eigenvalue weighted by Gasteiger charge is -2.01. The first-order chi connectivity index (χ1) is 7.31. The highest BCUT2D eigenvalue weighted by Crippen LogP contribution is 2.23. The minimum Gasteiger partial charge on any atom is -0.492 e. The van der Waals surface area contributed by atoms with Crippen LogP contribution in [-0.2, 0) is 7.05 Å². The van der Waals surface area contributed by atoms with Gasteiger partial charge in [0.25, 0.3) is 0 Å². The van der Waals surface area contributed by atoms with Crippen molar-refractivity contribution in [1.29, 1.82) is 0 Å². The van der Waals surface area contributed by atoms with E-state index < -0.39 is 0 Å². The maximum absolute atomic E-state index is 5.46. The summed E-state index contributed by atoms with van der Waals surface area (Å²) >= 11 is 0. The minimum absolute atomic E-state index is 0.676. The van der Waals surface area contributed by atoms with Crippen LogP contribution in [0.5, 0.6) is 5.75 Å². The molecule has 0 fully saturated rings. The third-order valence-electron chi connectivity index (χ3n) is 1.91. The second kappa shape index (κ2) is 5.39. The van der Waals surface area contributed by atoms with Crippen LogP contribution in [0.15, 0.2) is 24.4 Å². The van der Waals surface area contributed by atoms with Gasteiger partial charge in [-0.3, -0.25) is 4.68 Å². The molecule has 2 rings (SSSR count).